The van der Waals surface area contributed by atoms with Gasteiger partial charge in [-0.25, -0.2) is 9.97 Å². The second-order valence-electron chi connectivity index (χ2n) is 5.26. The number of fused-ring (bicyclic) bond motifs is 1. The SMILES string of the molecule is O=[N+]([O-])c1ccc(-c2n[nH]c(CSc3nc4ccccc4[nH]3)n2)cc1. The average Bonchev–Trinajstić information content (AvgIpc) is 3.26. The number of aromatic nitrogens is 5. The molecule has 0 saturated heterocycles. The maximum Gasteiger partial charge on any atom is 0.269 e. The molecule has 0 saturated carbocycles. The van der Waals surface area contributed by atoms with Crippen LogP contribution in [0.3, 0.4) is 0 Å². The number of nitro benzene ring substituents is 1. The summed E-state index contributed by atoms with van der Waals surface area (Å²) in [5.41, 5.74) is 2.69. The third kappa shape index (κ3) is 3.22. The molecule has 0 aliphatic rings. The Labute approximate surface area is 145 Å². The minimum absolute atomic E-state index is 0.0416. The lowest BCUT2D eigenvalue weighted by Crippen LogP contribution is -1.88. The van der Waals surface area contributed by atoms with E-state index in [-0.39, 0.29) is 5.69 Å². The molecule has 2 aromatic heterocycles. The molecule has 2 aromatic carbocycles. The summed E-state index contributed by atoms with van der Waals surface area (Å²) in [5, 5.41) is 18.6. The summed E-state index contributed by atoms with van der Waals surface area (Å²) in [5.74, 6) is 1.80. The van der Waals surface area contributed by atoms with E-state index in [1.165, 1.54) is 23.9 Å². The van der Waals surface area contributed by atoms with Crippen molar-refractivity contribution >= 4 is 28.5 Å². The molecule has 124 valence electrons. The molecule has 0 amide bonds. The maximum absolute atomic E-state index is 10.7. The van der Waals surface area contributed by atoms with Crippen LogP contribution in [-0.4, -0.2) is 30.1 Å². The normalized spacial score (nSPS) is 11.0. The molecule has 0 atom stereocenters. The maximum atomic E-state index is 10.7. The third-order valence-electron chi connectivity index (χ3n) is 3.58. The summed E-state index contributed by atoms with van der Waals surface area (Å²) in [6.45, 7) is 0. The Kier molecular flexibility index (Phi) is 3.90. The van der Waals surface area contributed by atoms with Gasteiger partial charge in [0.2, 0.25) is 0 Å². The summed E-state index contributed by atoms with van der Waals surface area (Å²) in [6, 6.07) is 14.0. The Morgan fingerprint density at radius 1 is 1.08 bits per heavy atom. The quantitative estimate of drug-likeness (QED) is 0.322. The lowest BCUT2D eigenvalue weighted by Gasteiger charge is -1.95. The molecule has 2 N–H and O–H groups in total. The highest BCUT2D eigenvalue weighted by Gasteiger charge is 2.10. The zero-order valence-corrected chi connectivity index (χ0v) is 13.7. The summed E-state index contributed by atoms with van der Waals surface area (Å²) < 4.78 is 0. The number of aromatic amines is 2. The Morgan fingerprint density at radius 2 is 1.88 bits per heavy atom. The smallest absolute Gasteiger partial charge is 0.269 e. The van der Waals surface area contributed by atoms with Gasteiger partial charge in [-0.3, -0.25) is 15.2 Å². The van der Waals surface area contributed by atoms with Gasteiger partial charge in [0.05, 0.1) is 21.7 Å². The molecule has 9 heteroatoms. The lowest BCUT2D eigenvalue weighted by atomic mass is 10.2. The third-order valence-corrected chi connectivity index (χ3v) is 4.47. The molecule has 0 unspecified atom stereocenters. The molecule has 2 heterocycles. The Bertz CT molecular complexity index is 1010. The average molecular weight is 352 g/mol. The number of nitrogens with zero attached hydrogens (tertiary/aromatic N) is 4. The highest BCUT2D eigenvalue weighted by molar-refractivity contribution is 7.98. The van der Waals surface area contributed by atoms with E-state index in [9.17, 15) is 10.1 Å². The number of nitrogens with one attached hydrogen (secondary N) is 2. The van der Waals surface area contributed by atoms with Crippen molar-refractivity contribution in [3.05, 3.63) is 64.5 Å². The van der Waals surface area contributed by atoms with Gasteiger partial charge in [-0.05, 0) is 24.3 Å². The highest BCUT2D eigenvalue weighted by Crippen LogP contribution is 2.23. The van der Waals surface area contributed by atoms with Crippen LogP contribution in [0.1, 0.15) is 5.82 Å². The fourth-order valence-corrected chi connectivity index (χ4v) is 3.10. The minimum Gasteiger partial charge on any atom is -0.333 e. The first-order chi connectivity index (χ1) is 12.2. The van der Waals surface area contributed by atoms with Crippen molar-refractivity contribution in [3.8, 4) is 11.4 Å². The van der Waals surface area contributed by atoms with Crippen LogP contribution in [0.2, 0.25) is 0 Å². The highest BCUT2D eigenvalue weighted by atomic mass is 32.2. The molecule has 25 heavy (non-hydrogen) atoms. The van der Waals surface area contributed by atoms with Gasteiger partial charge in [-0.2, -0.15) is 5.10 Å². The first-order valence-corrected chi connectivity index (χ1v) is 8.41. The second-order valence-corrected chi connectivity index (χ2v) is 6.22. The number of nitro groups is 1. The van der Waals surface area contributed by atoms with E-state index in [4.69, 9.17) is 0 Å². The zero-order valence-electron chi connectivity index (χ0n) is 12.8. The van der Waals surface area contributed by atoms with Gasteiger partial charge < -0.3 is 4.98 Å². The Morgan fingerprint density at radius 3 is 2.64 bits per heavy atom. The van der Waals surface area contributed by atoms with E-state index in [1.54, 1.807) is 12.1 Å². The number of rotatable bonds is 5. The molecule has 0 spiro atoms. The van der Waals surface area contributed by atoms with Crippen LogP contribution in [0.15, 0.2) is 53.7 Å². The van der Waals surface area contributed by atoms with Gasteiger partial charge in [0.1, 0.15) is 5.82 Å². The Balaban J connectivity index is 1.46. The molecule has 4 aromatic rings. The Hall–Kier alpha value is -3.20. The molecule has 4 rings (SSSR count). The molecular formula is C16H12N6O2S. The van der Waals surface area contributed by atoms with Gasteiger partial charge >= 0.3 is 0 Å². The van der Waals surface area contributed by atoms with Crippen molar-refractivity contribution in [1.29, 1.82) is 0 Å². The van der Waals surface area contributed by atoms with Crippen molar-refractivity contribution in [1.82, 2.24) is 25.1 Å². The fraction of sp³-hybridized carbons (Fsp3) is 0.0625. The molecule has 0 bridgehead atoms. The van der Waals surface area contributed by atoms with Crippen LogP contribution in [0.25, 0.3) is 22.4 Å². The number of imidazole rings is 1. The number of benzene rings is 2. The molecule has 0 fully saturated rings. The van der Waals surface area contributed by atoms with Crippen LogP contribution in [0, 0.1) is 10.1 Å². The number of hydrogen-bond donors (Lipinski definition) is 2. The van der Waals surface area contributed by atoms with Crippen molar-refractivity contribution in [2.24, 2.45) is 0 Å². The van der Waals surface area contributed by atoms with E-state index in [0.717, 1.165) is 21.8 Å². The van der Waals surface area contributed by atoms with Gasteiger partial charge in [-0.15, -0.1) is 0 Å². The van der Waals surface area contributed by atoms with Crippen molar-refractivity contribution in [2.75, 3.05) is 0 Å². The van der Waals surface area contributed by atoms with Crippen LogP contribution in [0.4, 0.5) is 5.69 Å². The van der Waals surface area contributed by atoms with Gasteiger partial charge in [0.25, 0.3) is 5.69 Å². The predicted molar refractivity (Wildman–Crippen MR) is 94.1 cm³/mol. The van der Waals surface area contributed by atoms with E-state index in [0.29, 0.717) is 17.4 Å². The number of non-ortho nitro benzene ring substituents is 1. The lowest BCUT2D eigenvalue weighted by molar-refractivity contribution is -0.384. The summed E-state index contributed by atoms with van der Waals surface area (Å²) in [6.07, 6.45) is 0. The first kappa shape index (κ1) is 15.3. The van der Waals surface area contributed by atoms with Crippen molar-refractivity contribution < 1.29 is 4.92 Å². The number of thioether (sulfide) groups is 1. The molecule has 0 aliphatic carbocycles. The van der Waals surface area contributed by atoms with Crippen LogP contribution >= 0.6 is 11.8 Å². The van der Waals surface area contributed by atoms with E-state index >= 15 is 0 Å². The zero-order chi connectivity index (χ0) is 17.2. The summed E-state index contributed by atoms with van der Waals surface area (Å²) in [7, 11) is 0. The van der Waals surface area contributed by atoms with E-state index in [1.807, 2.05) is 24.3 Å². The second kappa shape index (κ2) is 6.36. The number of hydrogen-bond acceptors (Lipinski definition) is 6. The molecule has 8 nitrogen and oxygen atoms in total. The summed E-state index contributed by atoms with van der Waals surface area (Å²) >= 11 is 1.52. The van der Waals surface area contributed by atoms with Crippen molar-refractivity contribution in [2.45, 2.75) is 10.9 Å². The van der Waals surface area contributed by atoms with Crippen LogP contribution < -0.4 is 0 Å². The minimum atomic E-state index is -0.433. The van der Waals surface area contributed by atoms with Gasteiger partial charge in [-0.1, -0.05) is 23.9 Å². The van der Waals surface area contributed by atoms with Crippen LogP contribution in [0.5, 0.6) is 0 Å². The van der Waals surface area contributed by atoms with Gasteiger partial charge in [0.15, 0.2) is 11.0 Å². The topological polar surface area (TPSA) is 113 Å². The van der Waals surface area contributed by atoms with E-state index < -0.39 is 4.92 Å². The van der Waals surface area contributed by atoms with Crippen LogP contribution in [-0.2, 0) is 5.75 Å². The van der Waals surface area contributed by atoms with E-state index in [2.05, 4.69) is 25.1 Å². The van der Waals surface area contributed by atoms with Gasteiger partial charge in [0, 0.05) is 17.7 Å². The first-order valence-electron chi connectivity index (χ1n) is 7.43. The monoisotopic (exact) mass is 352 g/mol. The molecule has 0 radical (unpaired) electrons. The largest absolute Gasteiger partial charge is 0.333 e. The predicted octanol–water partition coefficient (Wildman–Crippen LogP) is 3.55. The molecular weight excluding hydrogens is 340 g/mol. The number of H-pyrrole nitrogens is 2. The van der Waals surface area contributed by atoms with Crippen molar-refractivity contribution in [3.63, 3.8) is 0 Å². The number of para-hydroxylation sites is 2. The molecule has 0 aliphatic heterocycles. The fourth-order valence-electron chi connectivity index (χ4n) is 2.36. The summed E-state index contributed by atoms with van der Waals surface area (Å²) in [4.78, 5) is 22.4. The standard InChI is InChI=1S/C16H12N6O2S/c23-22(24)11-7-5-10(6-8-11)15-19-14(20-21-15)9-25-16-17-12-3-1-2-4-13(12)18-16/h1-8H,9H2,(H,17,18)(H,19,20,21).